The van der Waals surface area contributed by atoms with Gasteiger partial charge in [0.25, 0.3) is 0 Å². The number of rotatable bonds is 6. The van der Waals surface area contributed by atoms with Crippen LogP contribution in [0.2, 0.25) is 0 Å². The van der Waals surface area contributed by atoms with Crippen LogP contribution < -0.4 is 4.74 Å². The Balaban J connectivity index is 2.71. The zero-order chi connectivity index (χ0) is 12.0. The lowest BCUT2D eigenvalue weighted by Gasteiger charge is -2.18. The molecule has 0 saturated heterocycles. The zero-order valence-electron chi connectivity index (χ0n) is 10.1. The molecule has 3 heteroatoms. The van der Waals surface area contributed by atoms with Gasteiger partial charge in [0.05, 0.1) is 12.0 Å². The molecule has 1 aromatic carbocycles. The Bertz CT molecular complexity index is 326. The molecular formula is C13H19ClO2. The van der Waals surface area contributed by atoms with E-state index in [9.17, 15) is 0 Å². The van der Waals surface area contributed by atoms with Crippen LogP contribution >= 0.6 is 11.6 Å². The van der Waals surface area contributed by atoms with Gasteiger partial charge in [-0.25, -0.2) is 0 Å². The summed E-state index contributed by atoms with van der Waals surface area (Å²) in [6.45, 7) is 4.79. The number of hydrogen-bond donors (Lipinski definition) is 0. The van der Waals surface area contributed by atoms with E-state index >= 15 is 0 Å². The second-order valence-corrected chi connectivity index (χ2v) is 4.17. The zero-order valence-corrected chi connectivity index (χ0v) is 10.9. The number of methoxy groups -OCH3 is 1. The summed E-state index contributed by atoms with van der Waals surface area (Å²) in [5.74, 6) is 1.40. The van der Waals surface area contributed by atoms with Crippen LogP contribution in [0, 0.1) is 6.92 Å². The lowest BCUT2D eigenvalue weighted by Crippen LogP contribution is -2.15. The minimum atomic E-state index is 0.142. The van der Waals surface area contributed by atoms with E-state index in [1.165, 1.54) is 0 Å². The molecule has 1 atom stereocenters. The summed E-state index contributed by atoms with van der Waals surface area (Å²) in [7, 11) is 1.70. The van der Waals surface area contributed by atoms with E-state index in [0.717, 1.165) is 23.3 Å². The van der Waals surface area contributed by atoms with Gasteiger partial charge in [-0.15, -0.1) is 11.6 Å². The Morgan fingerprint density at radius 3 is 2.75 bits per heavy atom. The van der Waals surface area contributed by atoms with Crippen molar-refractivity contribution in [1.82, 2.24) is 0 Å². The van der Waals surface area contributed by atoms with Crippen molar-refractivity contribution in [2.45, 2.75) is 32.3 Å². The first-order valence-electron chi connectivity index (χ1n) is 5.49. The monoisotopic (exact) mass is 242 g/mol. The van der Waals surface area contributed by atoms with Crippen molar-refractivity contribution >= 4 is 11.6 Å². The van der Waals surface area contributed by atoms with Crippen LogP contribution in [0.3, 0.4) is 0 Å². The molecular weight excluding hydrogens is 224 g/mol. The largest absolute Gasteiger partial charge is 0.490 e. The smallest absolute Gasteiger partial charge is 0.127 e. The summed E-state index contributed by atoms with van der Waals surface area (Å²) in [5, 5.41) is 0. The van der Waals surface area contributed by atoms with Crippen LogP contribution in [-0.2, 0) is 10.6 Å². The summed E-state index contributed by atoms with van der Waals surface area (Å²) < 4.78 is 10.9. The van der Waals surface area contributed by atoms with E-state index in [-0.39, 0.29) is 6.10 Å². The Morgan fingerprint density at radius 1 is 1.38 bits per heavy atom. The van der Waals surface area contributed by atoms with E-state index in [2.05, 4.69) is 0 Å². The van der Waals surface area contributed by atoms with Gasteiger partial charge < -0.3 is 9.47 Å². The van der Waals surface area contributed by atoms with Gasteiger partial charge >= 0.3 is 0 Å². The molecule has 0 bridgehead atoms. The molecule has 0 aliphatic heterocycles. The second-order valence-electron chi connectivity index (χ2n) is 3.91. The average molecular weight is 243 g/mol. The van der Waals surface area contributed by atoms with E-state index in [4.69, 9.17) is 21.1 Å². The van der Waals surface area contributed by atoms with Crippen molar-refractivity contribution in [3.63, 3.8) is 0 Å². The van der Waals surface area contributed by atoms with Gasteiger partial charge in [-0.1, -0.05) is 18.2 Å². The summed E-state index contributed by atoms with van der Waals surface area (Å²) in [6.07, 6.45) is 1.02. The molecule has 0 saturated carbocycles. The molecule has 0 amide bonds. The normalized spacial score (nSPS) is 12.5. The van der Waals surface area contributed by atoms with Gasteiger partial charge in [-0.2, -0.15) is 0 Å². The number of alkyl halides is 1. The fourth-order valence-electron chi connectivity index (χ4n) is 1.53. The van der Waals surface area contributed by atoms with Crippen molar-refractivity contribution in [2.75, 3.05) is 13.7 Å². The van der Waals surface area contributed by atoms with E-state index in [1.807, 2.05) is 32.0 Å². The molecule has 1 unspecified atom stereocenters. The molecule has 1 rings (SSSR count). The summed E-state index contributed by atoms with van der Waals surface area (Å²) in [5.41, 5.74) is 2.17. The highest BCUT2D eigenvalue weighted by molar-refractivity contribution is 6.17. The third-order valence-electron chi connectivity index (χ3n) is 2.48. The molecule has 0 aliphatic rings. The first kappa shape index (κ1) is 13.3. The maximum atomic E-state index is 5.90. The Morgan fingerprint density at radius 2 is 2.12 bits per heavy atom. The minimum Gasteiger partial charge on any atom is -0.490 e. The van der Waals surface area contributed by atoms with Crippen LogP contribution in [0.15, 0.2) is 18.2 Å². The lowest BCUT2D eigenvalue weighted by molar-refractivity contribution is 0.134. The van der Waals surface area contributed by atoms with Gasteiger partial charge in [-0.3, -0.25) is 0 Å². The standard InChI is InChI=1S/C13H19ClO2/c1-10-5-4-6-12(9-14)13(10)16-11(2)7-8-15-3/h4-6,11H,7-9H2,1-3H3. The highest BCUT2D eigenvalue weighted by atomic mass is 35.5. The highest BCUT2D eigenvalue weighted by Crippen LogP contribution is 2.26. The number of aryl methyl sites for hydroxylation is 1. The predicted octanol–water partition coefficient (Wildman–Crippen LogP) is 3.54. The van der Waals surface area contributed by atoms with Gasteiger partial charge in [0, 0.05) is 25.7 Å². The minimum absolute atomic E-state index is 0.142. The number of hydrogen-bond acceptors (Lipinski definition) is 2. The van der Waals surface area contributed by atoms with Crippen LogP contribution in [0.1, 0.15) is 24.5 Å². The van der Waals surface area contributed by atoms with Gasteiger partial charge in [0.15, 0.2) is 0 Å². The highest BCUT2D eigenvalue weighted by Gasteiger charge is 2.10. The molecule has 90 valence electrons. The molecule has 0 heterocycles. The fraction of sp³-hybridized carbons (Fsp3) is 0.538. The van der Waals surface area contributed by atoms with Crippen LogP contribution in [0.4, 0.5) is 0 Å². The van der Waals surface area contributed by atoms with E-state index in [0.29, 0.717) is 12.5 Å². The molecule has 0 radical (unpaired) electrons. The average Bonchev–Trinajstić information content (AvgIpc) is 2.29. The molecule has 16 heavy (non-hydrogen) atoms. The maximum absolute atomic E-state index is 5.90. The second kappa shape index (κ2) is 6.77. The maximum Gasteiger partial charge on any atom is 0.127 e. The number of para-hydroxylation sites is 1. The molecule has 0 fully saturated rings. The fourth-order valence-corrected chi connectivity index (χ4v) is 1.74. The first-order valence-corrected chi connectivity index (χ1v) is 6.02. The third kappa shape index (κ3) is 3.69. The Labute approximate surface area is 103 Å². The SMILES string of the molecule is COCCC(C)Oc1c(C)cccc1CCl. The van der Waals surface area contributed by atoms with Crippen LogP contribution in [0.25, 0.3) is 0 Å². The molecule has 0 spiro atoms. The Hall–Kier alpha value is -0.730. The van der Waals surface area contributed by atoms with Crippen LogP contribution in [0.5, 0.6) is 5.75 Å². The molecule has 0 aromatic heterocycles. The number of halogens is 1. The van der Waals surface area contributed by atoms with Crippen LogP contribution in [-0.4, -0.2) is 19.8 Å². The van der Waals surface area contributed by atoms with E-state index < -0.39 is 0 Å². The number of benzene rings is 1. The van der Waals surface area contributed by atoms with Gasteiger partial charge in [-0.05, 0) is 19.4 Å². The first-order chi connectivity index (χ1) is 7.69. The molecule has 0 N–H and O–H groups in total. The Kier molecular flexibility index (Phi) is 5.64. The van der Waals surface area contributed by atoms with Gasteiger partial charge in [0.2, 0.25) is 0 Å². The van der Waals surface area contributed by atoms with Crippen molar-refractivity contribution in [3.8, 4) is 5.75 Å². The molecule has 0 aliphatic carbocycles. The van der Waals surface area contributed by atoms with Crippen molar-refractivity contribution < 1.29 is 9.47 Å². The quantitative estimate of drug-likeness (QED) is 0.711. The summed E-state index contributed by atoms with van der Waals surface area (Å²) in [4.78, 5) is 0. The van der Waals surface area contributed by atoms with Crippen molar-refractivity contribution in [3.05, 3.63) is 29.3 Å². The number of ether oxygens (including phenoxy) is 2. The predicted molar refractivity (Wildman–Crippen MR) is 67.3 cm³/mol. The third-order valence-corrected chi connectivity index (χ3v) is 2.77. The lowest BCUT2D eigenvalue weighted by atomic mass is 10.1. The van der Waals surface area contributed by atoms with Gasteiger partial charge in [0.1, 0.15) is 5.75 Å². The molecule has 1 aromatic rings. The van der Waals surface area contributed by atoms with Crippen molar-refractivity contribution in [2.24, 2.45) is 0 Å². The van der Waals surface area contributed by atoms with E-state index in [1.54, 1.807) is 7.11 Å². The summed E-state index contributed by atoms with van der Waals surface area (Å²) in [6, 6.07) is 6.03. The summed E-state index contributed by atoms with van der Waals surface area (Å²) >= 11 is 5.89. The van der Waals surface area contributed by atoms with Crippen molar-refractivity contribution in [1.29, 1.82) is 0 Å². The topological polar surface area (TPSA) is 18.5 Å². The molecule has 2 nitrogen and oxygen atoms in total.